The number of fused-ring (bicyclic) bond motifs is 1. The number of rotatable bonds is 7. The molecule has 0 amide bonds. The number of carboxylic acids is 1. The number of methoxy groups -OCH3 is 1. The van der Waals surface area contributed by atoms with Gasteiger partial charge in [-0.15, -0.1) is 22.6 Å². The molecule has 184 valence electrons. The van der Waals surface area contributed by atoms with E-state index in [-0.39, 0.29) is 19.8 Å². The number of aromatic nitrogens is 2. The largest absolute Gasteiger partial charge is 0.495 e. The Balaban J connectivity index is 0.00000306. The van der Waals surface area contributed by atoms with Crippen LogP contribution >= 0.6 is 24.0 Å². The standard InChI is InChI=1S/C24H21ClN4O4.CH4.ClH/c1-24(2,33-14-22(30)31)10-9-20-17-7-6-16(26-3)12-18(17)23(29-28-20)27-13-15-5-8-21(32-4)19(25)11-15;;/h5-8,11-12H,13-14H2,1-2,4H3,(H,27,29)(H,30,31);1H4;1H. The first-order valence-electron chi connectivity index (χ1n) is 9.85. The fourth-order valence-corrected chi connectivity index (χ4v) is 3.21. The lowest BCUT2D eigenvalue weighted by Crippen LogP contribution is -2.25. The second-order valence-corrected chi connectivity index (χ2v) is 7.91. The van der Waals surface area contributed by atoms with Gasteiger partial charge in [-0.3, -0.25) is 0 Å². The number of aliphatic carboxylic acids is 1. The highest BCUT2D eigenvalue weighted by molar-refractivity contribution is 6.32. The van der Waals surface area contributed by atoms with Gasteiger partial charge < -0.3 is 19.9 Å². The summed E-state index contributed by atoms with van der Waals surface area (Å²) in [5, 5.41) is 22.5. The van der Waals surface area contributed by atoms with Gasteiger partial charge in [0.15, 0.2) is 11.5 Å². The third-order valence-electron chi connectivity index (χ3n) is 4.61. The van der Waals surface area contributed by atoms with Crippen molar-refractivity contribution in [3.05, 3.63) is 64.1 Å². The number of anilines is 1. The molecule has 35 heavy (non-hydrogen) atoms. The van der Waals surface area contributed by atoms with E-state index < -0.39 is 18.2 Å². The quantitative estimate of drug-likeness (QED) is 0.305. The van der Waals surface area contributed by atoms with Crippen LogP contribution in [0.3, 0.4) is 0 Å². The summed E-state index contributed by atoms with van der Waals surface area (Å²) in [5.41, 5.74) is 0.771. The molecule has 2 aromatic carbocycles. The van der Waals surface area contributed by atoms with Gasteiger partial charge in [-0.2, -0.15) is 0 Å². The van der Waals surface area contributed by atoms with E-state index in [0.717, 1.165) is 5.56 Å². The van der Waals surface area contributed by atoms with Crippen LogP contribution in [0.4, 0.5) is 11.5 Å². The Hall–Kier alpha value is -3.56. The second-order valence-electron chi connectivity index (χ2n) is 7.50. The van der Waals surface area contributed by atoms with E-state index in [1.807, 2.05) is 6.07 Å². The van der Waals surface area contributed by atoms with Gasteiger partial charge in [-0.25, -0.2) is 9.64 Å². The molecular formula is C25H26Cl2N4O4. The Labute approximate surface area is 215 Å². The number of carbonyl (C=O) groups is 1. The van der Waals surface area contributed by atoms with Crippen molar-refractivity contribution in [2.75, 3.05) is 19.0 Å². The first kappa shape index (κ1) is 29.5. The highest BCUT2D eigenvalue weighted by Gasteiger charge is 2.17. The van der Waals surface area contributed by atoms with Crippen molar-refractivity contribution in [2.24, 2.45) is 0 Å². The number of ether oxygens (including phenoxy) is 2. The highest BCUT2D eigenvalue weighted by Crippen LogP contribution is 2.29. The molecule has 2 N–H and O–H groups in total. The fourth-order valence-electron chi connectivity index (χ4n) is 2.93. The van der Waals surface area contributed by atoms with Crippen LogP contribution < -0.4 is 10.1 Å². The Morgan fingerprint density at radius 3 is 2.60 bits per heavy atom. The number of nitrogens with zero attached hydrogens (tertiary/aromatic N) is 3. The van der Waals surface area contributed by atoms with Gasteiger partial charge in [0.05, 0.1) is 18.7 Å². The van der Waals surface area contributed by atoms with Crippen LogP contribution in [-0.4, -0.2) is 40.6 Å². The molecule has 8 nitrogen and oxygen atoms in total. The zero-order chi connectivity index (χ0) is 24.0. The molecule has 3 rings (SSSR count). The average molecular weight is 517 g/mol. The topological polar surface area (TPSA) is 97.9 Å². The van der Waals surface area contributed by atoms with E-state index >= 15 is 0 Å². The van der Waals surface area contributed by atoms with E-state index in [1.54, 1.807) is 51.3 Å². The lowest BCUT2D eigenvalue weighted by atomic mass is 10.1. The molecule has 0 aliphatic carbocycles. The Morgan fingerprint density at radius 1 is 1.23 bits per heavy atom. The summed E-state index contributed by atoms with van der Waals surface area (Å²) in [4.78, 5) is 14.3. The van der Waals surface area contributed by atoms with Crippen molar-refractivity contribution >= 4 is 52.3 Å². The Kier molecular flexibility index (Phi) is 10.8. The lowest BCUT2D eigenvalue weighted by molar-refractivity contribution is -0.145. The summed E-state index contributed by atoms with van der Waals surface area (Å²) in [6.45, 7) is 10.6. The molecule has 0 spiro atoms. The van der Waals surface area contributed by atoms with Crippen LogP contribution in [0.1, 0.15) is 32.5 Å². The SMILES string of the molecule is C.Cl.[C-]#[N+]c1ccc2c(C#CC(C)(C)OCC(=O)O)nnc(NCc3ccc(OC)c(Cl)c3)c2c1. The number of carboxylic acid groups (broad SMARTS) is 1. The van der Waals surface area contributed by atoms with Gasteiger partial charge in [0.25, 0.3) is 0 Å². The predicted octanol–water partition coefficient (Wildman–Crippen LogP) is 5.74. The molecule has 0 radical (unpaired) electrons. The summed E-state index contributed by atoms with van der Waals surface area (Å²) in [7, 11) is 1.56. The van der Waals surface area contributed by atoms with Crippen molar-refractivity contribution in [3.63, 3.8) is 0 Å². The summed E-state index contributed by atoms with van der Waals surface area (Å²) < 4.78 is 10.5. The number of hydrogen-bond acceptors (Lipinski definition) is 6. The summed E-state index contributed by atoms with van der Waals surface area (Å²) in [5.74, 6) is 5.84. The number of nitrogens with one attached hydrogen (secondary N) is 1. The predicted molar refractivity (Wildman–Crippen MR) is 140 cm³/mol. The van der Waals surface area contributed by atoms with E-state index in [0.29, 0.717) is 45.3 Å². The molecule has 0 bridgehead atoms. The van der Waals surface area contributed by atoms with E-state index in [4.69, 9.17) is 32.8 Å². The van der Waals surface area contributed by atoms with Crippen molar-refractivity contribution < 1.29 is 19.4 Å². The van der Waals surface area contributed by atoms with Crippen molar-refractivity contribution in [1.29, 1.82) is 0 Å². The smallest absolute Gasteiger partial charge is 0.329 e. The van der Waals surface area contributed by atoms with Crippen LogP contribution in [-0.2, 0) is 16.1 Å². The monoisotopic (exact) mass is 516 g/mol. The zero-order valence-electron chi connectivity index (χ0n) is 18.7. The van der Waals surface area contributed by atoms with Crippen LogP contribution in [0.15, 0.2) is 36.4 Å². The molecule has 0 unspecified atom stereocenters. The third kappa shape index (κ3) is 7.73. The van der Waals surface area contributed by atoms with Crippen LogP contribution in [0.2, 0.25) is 5.02 Å². The summed E-state index contributed by atoms with van der Waals surface area (Å²) in [6, 6.07) is 10.6. The maximum atomic E-state index is 10.8. The maximum Gasteiger partial charge on any atom is 0.329 e. The molecule has 1 aromatic heterocycles. The van der Waals surface area contributed by atoms with Gasteiger partial charge in [-0.05, 0) is 43.5 Å². The minimum Gasteiger partial charge on any atom is -0.495 e. The van der Waals surface area contributed by atoms with Gasteiger partial charge in [-0.1, -0.05) is 43.1 Å². The summed E-state index contributed by atoms with van der Waals surface area (Å²) >= 11 is 6.21. The number of hydrogen-bond donors (Lipinski definition) is 2. The Morgan fingerprint density at radius 2 is 1.97 bits per heavy atom. The van der Waals surface area contributed by atoms with E-state index in [2.05, 4.69) is 32.2 Å². The van der Waals surface area contributed by atoms with Crippen molar-refractivity contribution in [3.8, 4) is 17.6 Å². The van der Waals surface area contributed by atoms with Crippen LogP contribution in [0.5, 0.6) is 5.75 Å². The molecule has 1 heterocycles. The van der Waals surface area contributed by atoms with Gasteiger partial charge in [0, 0.05) is 17.3 Å². The van der Waals surface area contributed by atoms with Gasteiger partial charge in [0.2, 0.25) is 0 Å². The molecule has 0 fully saturated rings. The second kappa shape index (κ2) is 12.8. The molecule has 0 aliphatic heterocycles. The zero-order valence-corrected chi connectivity index (χ0v) is 20.3. The number of benzene rings is 2. The number of halogens is 2. The lowest BCUT2D eigenvalue weighted by Gasteiger charge is -2.17. The van der Waals surface area contributed by atoms with Crippen LogP contribution in [0.25, 0.3) is 15.6 Å². The molecule has 0 aliphatic rings. The first-order chi connectivity index (χ1) is 15.7. The normalized spacial score (nSPS) is 10.1. The molecule has 10 heteroatoms. The molecule has 3 aromatic rings. The van der Waals surface area contributed by atoms with Gasteiger partial charge >= 0.3 is 5.97 Å². The molecule has 0 saturated carbocycles. The third-order valence-corrected chi connectivity index (χ3v) is 4.90. The van der Waals surface area contributed by atoms with E-state index in [1.165, 1.54) is 0 Å². The van der Waals surface area contributed by atoms with E-state index in [9.17, 15) is 4.79 Å². The molecular weight excluding hydrogens is 491 g/mol. The van der Waals surface area contributed by atoms with Crippen molar-refractivity contribution in [1.82, 2.24) is 10.2 Å². The highest BCUT2D eigenvalue weighted by atomic mass is 35.5. The molecule has 0 atom stereocenters. The first-order valence-corrected chi connectivity index (χ1v) is 10.2. The average Bonchev–Trinajstić information content (AvgIpc) is 2.80. The van der Waals surface area contributed by atoms with Crippen LogP contribution in [0, 0.1) is 18.4 Å². The molecule has 0 saturated heterocycles. The minimum absolute atomic E-state index is 0. The summed E-state index contributed by atoms with van der Waals surface area (Å²) in [6.07, 6.45) is 0. The van der Waals surface area contributed by atoms with Gasteiger partial charge in [0.1, 0.15) is 23.7 Å². The Bertz CT molecular complexity index is 1310. The minimum atomic E-state index is -1.07. The maximum absolute atomic E-state index is 10.8. The van der Waals surface area contributed by atoms with Crippen molar-refractivity contribution in [2.45, 2.75) is 33.4 Å². The fraction of sp³-hybridized carbons (Fsp3) is 0.280.